The molecular weight excluding hydrogens is 256 g/mol. The number of esters is 1. The number of hydrogen-bond donors (Lipinski definition) is 2. The zero-order chi connectivity index (χ0) is 14.6. The van der Waals surface area contributed by atoms with Crippen LogP contribution in [0.1, 0.15) is 57.8 Å². The van der Waals surface area contributed by atoms with Crippen LogP contribution in [-0.4, -0.2) is 30.6 Å². The minimum Gasteiger partial charge on any atom is -0.467 e. The van der Waals surface area contributed by atoms with E-state index in [1.807, 2.05) is 0 Å². The fourth-order valence-electron chi connectivity index (χ4n) is 3.61. The Morgan fingerprint density at radius 1 is 1.20 bits per heavy atom. The van der Waals surface area contributed by atoms with Gasteiger partial charge in [0.15, 0.2) is 0 Å². The summed E-state index contributed by atoms with van der Waals surface area (Å²) in [5.41, 5.74) is 5.21. The van der Waals surface area contributed by atoms with Crippen LogP contribution in [0, 0.1) is 5.92 Å². The van der Waals surface area contributed by atoms with Crippen molar-refractivity contribution >= 4 is 11.9 Å². The maximum atomic E-state index is 12.3. The number of rotatable bonds is 4. The average Bonchev–Trinajstić information content (AvgIpc) is 2.84. The van der Waals surface area contributed by atoms with E-state index in [2.05, 4.69) is 5.32 Å². The van der Waals surface area contributed by atoms with E-state index >= 15 is 0 Å². The van der Waals surface area contributed by atoms with Gasteiger partial charge in [0.1, 0.15) is 5.54 Å². The van der Waals surface area contributed by atoms with Crippen molar-refractivity contribution in [2.75, 3.05) is 7.11 Å². The molecule has 2 fully saturated rings. The van der Waals surface area contributed by atoms with Gasteiger partial charge in [0, 0.05) is 12.5 Å². The molecule has 2 atom stereocenters. The van der Waals surface area contributed by atoms with Crippen LogP contribution in [0.25, 0.3) is 0 Å². The summed E-state index contributed by atoms with van der Waals surface area (Å²) in [5, 5.41) is 2.96. The summed E-state index contributed by atoms with van der Waals surface area (Å²) in [7, 11) is 1.39. The molecule has 0 aromatic rings. The Kier molecular flexibility index (Phi) is 5.02. The monoisotopic (exact) mass is 282 g/mol. The van der Waals surface area contributed by atoms with Crippen molar-refractivity contribution in [3.05, 3.63) is 0 Å². The summed E-state index contributed by atoms with van der Waals surface area (Å²) in [5.74, 6) is -0.103. The molecule has 0 saturated heterocycles. The molecule has 5 heteroatoms. The predicted molar refractivity (Wildman–Crippen MR) is 75.9 cm³/mol. The zero-order valence-electron chi connectivity index (χ0n) is 12.3. The van der Waals surface area contributed by atoms with Crippen molar-refractivity contribution in [2.45, 2.75) is 69.4 Å². The molecule has 0 unspecified atom stereocenters. The Morgan fingerprint density at radius 3 is 2.45 bits per heavy atom. The fraction of sp³-hybridized carbons (Fsp3) is 0.867. The van der Waals surface area contributed by atoms with E-state index < -0.39 is 5.54 Å². The minimum absolute atomic E-state index is 0.0559. The van der Waals surface area contributed by atoms with E-state index in [1.54, 1.807) is 0 Å². The average molecular weight is 282 g/mol. The van der Waals surface area contributed by atoms with Gasteiger partial charge < -0.3 is 15.8 Å². The first-order valence-electron chi connectivity index (χ1n) is 7.72. The number of hydrogen-bond acceptors (Lipinski definition) is 4. The van der Waals surface area contributed by atoms with Crippen LogP contribution in [0.3, 0.4) is 0 Å². The summed E-state index contributed by atoms with van der Waals surface area (Å²) >= 11 is 0. The van der Waals surface area contributed by atoms with Gasteiger partial charge in [-0.1, -0.05) is 25.7 Å². The molecule has 0 aromatic heterocycles. The summed E-state index contributed by atoms with van der Waals surface area (Å²) in [6.07, 6.45) is 7.93. The van der Waals surface area contributed by atoms with Gasteiger partial charge in [0.2, 0.25) is 5.91 Å². The topological polar surface area (TPSA) is 81.4 Å². The van der Waals surface area contributed by atoms with E-state index in [9.17, 15) is 9.59 Å². The van der Waals surface area contributed by atoms with Crippen molar-refractivity contribution in [3.63, 3.8) is 0 Å². The van der Waals surface area contributed by atoms with Gasteiger partial charge in [-0.3, -0.25) is 4.79 Å². The first kappa shape index (κ1) is 15.3. The SMILES string of the molecule is COC(=O)C1(NC(=O)C[C@@H]2CCC[C@H]2N)CCCCC1. The molecule has 2 saturated carbocycles. The summed E-state index contributed by atoms with van der Waals surface area (Å²) in [6.45, 7) is 0. The van der Waals surface area contributed by atoms with Crippen LogP contribution in [0.5, 0.6) is 0 Å². The molecule has 114 valence electrons. The van der Waals surface area contributed by atoms with E-state index in [-0.39, 0.29) is 23.8 Å². The predicted octanol–water partition coefficient (Wildman–Crippen LogP) is 1.50. The maximum Gasteiger partial charge on any atom is 0.331 e. The van der Waals surface area contributed by atoms with Gasteiger partial charge in [-0.05, 0) is 31.6 Å². The van der Waals surface area contributed by atoms with Crippen LogP contribution >= 0.6 is 0 Å². The van der Waals surface area contributed by atoms with Crippen molar-refractivity contribution < 1.29 is 14.3 Å². The number of methoxy groups -OCH3 is 1. The van der Waals surface area contributed by atoms with Crippen LogP contribution in [0.15, 0.2) is 0 Å². The molecular formula is C15H26N2O3. The fourth-order valence-corrected chi connectivity index (χ4v) is 3.61. The number of nitrogens with one attached hydrogen (secondary N) is 1. The van der Waals surface area contributed by atoms with Gasteiger partial charge in [-0.25, -0.2) is 4.79 Å². The van der Waals surface area contributed by atoms with Gasteiger partial charge in [0.25, 0.3) is 0 Å². The quantitative estimate of drug-likeness (QED) is 0.766. The Morgan fingerprint density at radius 2 is 1.90 bits per heavy atom. The van der Waals surface area contributed by atoms with Gasteiger partial charge in [-0.2, -0.15) is 0 Å². The van der Waals surface area contributed by atoms with E-state index in [0.29, 0.717) is 19.3 Å². The van der Waals surface area contributed by atoms with Crippen molar-refractivity contribution in [1.82, 2.24) is 5.32 Å². The van der Waals surface area contributed by atoms with E-state index in [1.165, 1.54) is 7.11 Å². The molecule has 5 nitrogen and oxygen atoms in total. The molecule has 0 bridgehead atoms. The Balaban J connectivity index is 1.96. The molecule has 1 amide bonds. The lowest BCUT2D eigenvalue weighted by Crippen LogP contribution is -2.56. The maximum absolute atomic E-state index is 12.3. The second-order valence-corrected chi connectivity index (χ2v) is 6.24. The highest BCUT2D eigenvalue weighted by Crippen LogP contribution is 2.31. The Bertz CT molecular complexity index is 364. The third kappa shape index (κ3) is 3.32. The van der Waals surface area contributed by atoms with Crippen LogP contribution < -0.4 is 11.1 Å². The molecule has 0 heterocycles. The number of nitrogens with two attached hydrogens (primary N) is 1. The van der Waals surface area contributed by atoms with Crippen LogP contribution in [0.2, 0.25) is 0 Å². The summed E-state index contributed by atoms with van der Waals surface area (Å²) in [6, 6.07) is 0.126. The lowest BCUT2D eigenvalue weighted by atomic mass is 9.81. The van der Waals surface area contributed by atoms with Gasteiger partial charge >= 0.3 is 5.97 Å². The molecule has 0 radical (unpaired) electrons. The minimum atomic E-state index is -0.799. The Hall–Kier alpha value is -1.10. The smallest absolute Gasteiger partial charge is 0.331 e. The largest absolute Gasteiger partial charge is 0.467 e. The first-order chi connectivity index (χ1) is 9.57. The molecule has 2 rings (SSSR count). The number of ether oxygens (including phenoxy) is 1. The molecule has 2 aliphatic rings. The molecule has 0 aromatic carbocycles. The molecule has 0 spiro atoms. The second kappa shape index (κ2) is 6.57. The standard InChI is InChI=1S/C15H26N2O3/c1-20-14(19)15(8-3-2-4-9-15)17-13(18)10-11-6-5-7-12(11)16/h11-12H,2-10,16H2,1H3,(H,17,18)/t11-,12+/m0/s1. The lowest BCUT2D eigenvalue weighted by Gasteiger charge is -2.35. The second-order valence-electron chi connectivity index (χ2n) is 6.24. The van der Waals surface area contributed by atoms with Crippen LogP contribution in [-0.2, 0) is 14.3 Å². The van der Waals surface area contributed by atoms with Crippen molar-refractivity contribution in [2.24, 2.45) is 11.7 Å². The number of carbonyl (C=O) groups excluding carboxylic acids is 2. The zero-order valence-corrected chi connectivity index (χ0v) is 12.3. The Labute approximate surface area is 120 Å². The van der Waals surface area contributed by atoms with E-state index in [0.717, 1.165) is 38.5 Å². The molecule has 3 N–H and O–H groups in total. The third-order valence-electron chi connectivity index (χ3n) is 4.83. The van der Waals surface area contributed by atoms with Crippen LogP contribution in [0.4, 0.5) is 0 Å². The third-order valence-corrected chi connectivity index (χ3v) is 4.83. The highest BCUT2D eigenvalue weighted by molar-refractivity contribution is 5.88. The van der Waals surface area contributed by atoms with Crippen molar-refractivity contribution in [3.8, 4) is 0 Å². The molecule has 20 heavy (non-hydrogen) atoms. The van der Waals surface area contributed by atoms with Crippen molar-refractivity contribution in [1.29, 1.82) is 0 Å². The van der Waals surface area contributed by atoms with Gasteiger partial charge in [-0.15, -0.1) is 0 Å². The van der Waals surface area contributed by atoms with E-state index in [4.69, 9.17) is 10.5 Å². The highest BCUT2D eigenvalue weighted by Gasteiger charge is 2.42. The number of carbonyl (C=O) groups is 2. The lowest BCUT2D eigenvalue weighted by molar-refractivity contribution is -0.152. The summed E-state index contributed by atoms with van der Waals surface area (Å²) in [4.78, 5) is 24.3. The first-order valence-corrected chi connectivity index (χ1v) is 7.72. The molecule has 0 aliphatic heterocycles. The molecule has 2 aliphatic carbocycles. The normalized spacial score (nSPS) is 28.9. The van der Waals surface area contributed by atoms with Gasteiger partial charge in [0.05, 0.1) is 7.11 Å². The summed E-state index contributed by atoms with van der Waals surface area (Å²) < 4.78 is 4.91. The number of amides is 1. The highest BCUT2D eigenvalue weighted by atomic mass is 16.5.